The summed E-state index contributed by atoms with van der Waals surface area (Å²) in [5, 5.41) is 0. The molecule has 0 N–H and O–H groups in total. The average Bonchev–Trinajstić information content (AvgIpc) is 2.38. The first-order chi connectivity index (χ1) is 7.88. The van der Waals surface area contributed by atoms with Crippen LogP contribution >= 0.6 is 11.8 Å². The highest BCUT2D eigenvalue weighted by molar-refractivity contribution is 7.98. The van der Waals surface area contributed by atoms with Crippen molar-refractivity contribution in [2.24, 2.45) is 4.99 Å². The molecule has 3 heteroatoms. The van der Waals surface area contributed by atoms with E-state index in [1.807, 2.05) is 30.3 Å². The van der Waals surface area contributed by atoms with Gasteiger partial charge in [-0.15, -0.1) is 11.8 Å². The van der Waals surface area contributed by atoms with Crippen molar-refractivity contribution in [1.29, 1.82) is 0 Å². The predicted octanol–water partition coefficient (Wildman–Crippen LogP) is 3.55. The zero-order chi connectivity index (χ0) is 11.2. The lowest BCUT2D eigenvalue weighted by Gasteiger charge is -1.96. The number of benzene rings is 1. The van der Waals surface area contributed by atoms with Gasteiger partial charge in [0.2, 0.25) is 0 Å². The van der Waals surface area contributed by atoms with E-state index in [9.17, 15) is 0 Å². The van der Waals surface area contributed by atoms with Crippen LogP contribution in [0.25, 0.3) is 0 Å². The van der Waals surface area contributed by atoms with Crippen molar-refractivity contribution in [2.75, 3.05) is 6.26 Å². The van der Waals surface area contributed by atoms with E-state index in [1.165, 1.54) is 4.90 Å². The fourth-order valence-electron chi connectivity index (χ4n) is 1.26. The van der Waals surface area contributed by atoms with E-state index < -0.39 is 0 Å². The summed E-state index contributed by atoms with van der Waals surface area (Å²) in [4.78, 5) is 9.78. The van der Waals surface area contributed by atoms with E-state index in [0.717, 1.165) is 11.4 Å². The topological polar surface area (TPSA) is 25.2 Å². The number of thioether (sulfide) groups is 1. The van der Waals surface area contributed by atoms with Gasteiger partial charge in [-0.1, -0.05) is 6.07 Å². The second kappa shape index (κ2) is 5.47. The number of pyridine rings is 1. The highest BCUT2D eigenvalue weighted by Gasteiger charge is 1.91. The first-order valence-corrected chi connectivity index (χ1v) is 6.20. The van der Waals surface area contributed by atoms with Crippen molar-refractivity contribution in [3.8, 4) is 0 Å². The third kappa shape index (κ3) is 2.94. The van der Waals surface area contributed by atoms with Crippen molar-refractivity contribution in [1.82, 2.24) is 4.98 Å². The largest absolute Gasteiger partial charge is 0.255 e. The normalized spacial score (nSPS) is 10.8. The fraction of sp³-hybridized carbons (Fsp3) is 0.0769. The Morgan fingerprint density at radius 3 is 2.56 bits per heavy atom. The van der Waals surface area contributed by atoms with E-state index in [4.69, 9.17) is 0 Å². The van der Waals surface area contributed by atoms with Crippen LogP contribution in [-0.4, -0.2) is 17.5 Å². The molecular formula is C13H12N2S. The highest BCUT2D eigenvalue weighted by atomic mass is 32.2. The summed E-state index contributed by atoms with van der Waals surface area (Å²) in [6, 6.07) is 13.9. The maximum absolute atomic E-state index is 4.36. The minimum atomic E-state index is 0.872. The molecule has 16 heavy (non-hydrogen) atoms. The van der Waals surface area contributed by atoms with Gasteiger partial charge in [0.1, 0.15) is 0 Å². The zero-order valence-corrected chi connectivity index (χ0v) is 9.82. The molecule has 0 aliphatic carbocycles. The lowest BCUT2D eigenvalue weighted by atomic mass is 10.3. The third-order valence-electron chi connectivity index (χ3n) is 2.11. The molecule has 0 amide bonds. The summed E-state index contributed by atoms with van der Waals surface area (Å²) < 4.78 is 0. The molecule has 0 radical (unpaired) electrons. The smallest absolute Gasteiger partial charge is 0.0812 e. The molecular weight excluding hydrogens is 216 g/mol. The van der Waals surface area contributed by atoms with Crippen LogP contribution in [0.15, 0.2) is 58.5 Å². The second-order valence-electron chi connectivity index (χ2n) is 3.21. The van der Waals surface area contributed by atoms with Gasteiger partial charge in [-0.25, -0.2) is 0 Å². The summed E-state index contributed by atoms with van der Waals surface area (Å²) in [5.74, 6) is 0. The average molecular weight is 228 g/mol. The molecule has 0 unspecified atom stereocenters. The van der Waals surface area contributed by atoms with E-state index >= 15 is 0 Å². The molecule has 2 rings (SSSR count). The molecule has 1 aromatic carbocycles. The molecule has 1 aromatic heterocycles. The van der Waals surface area contributed by atoms with Gasteiger partial charge in [0.25, 0.3) is 0 Å². The Morgan fingerprint density at radius 2 is 1.94 bits per heavy atom. The number of hydrogen-bond donors (Lipinski definition) is 0. The molecule has 0 saturated heterocycles. The molecule has 0 saturated carbocycles. The van der Waals surface area contributed by atoms with Crippen molar-refractivity contribution in [2.45, 2.75) is 4.90 Å². The van der Waals surface area contributed by atoms with Gasteiger partial charge in [0.05, 0.1) is 17.6 Å². The van der Waals surface area contributed by atoms with Crippen LogP contribution in [0.4, 0.5) is 5.69 Å². The summed E-state index contributed by atoms with van der Waals surface area (Å²) in [7, 11) is 0. The molecule has 0 fully saturated rings. The molecule has 0 bridgehead atoms. The number of nitrogens with zero attached hydrogens (tertiary/aromatic N) is 2. The van der Waals surface area contributed by atoms with E-state index in [1.54, 1.807) is 24.2 Å². The van der Waals surface area contributed by atoms with E-state index in [0.29, 0.717) is 0 Å². The van der Waals surface area contributed by atoms with Crippen molar-refractivity contribution >= 4 is 23.7 Å². The van der Waals surface area contributed by atoms with Crippen LogP contribution in [0.3, 0.4) is 0 Å². The van der Waals surface area contributed by atoms with Gasteiger partial charge < -0.3 is 0 Å². The van der Waals surface area contributed by atoms with Crippen LogP contribution in [0, 0.1) is 0 Å². The van der Waals surface area contributed by atoms with Crippen molar-refractivity contribution in [3.05, 3.63) is 54.4 Å². The van der Waals surface area contributed by atoms with Crippen LogP contribution in [0.2, 0.25) is 0 Å². The van der Waals surface area contributed by atoms with Gasteiger partial charge in [-0.3, -0.25) is 9.98 Å². The van der Waals surface area contributed by atoms with E-state index in [-0.39, 0.29) is 0 Å². The Morgan fingerprint density at radius 1 is 1.12 bits per heavy atom. The molecule has 1 heterocycles. The summed E-state index contributed by atoms with van der Waals surface area (Å²) in [6.07, 6.45) is 5.60. The number of aliphatic imine (C=N–C) groups is 1. The second-order valence-corrected chi connectivity index (χ2v) is 4.09. The lowest BCUT2D eigenvalue weighted by Crippen LogP contribution is -1.83. The van der Waals surface area contributed by atoms with Gasteiger partial charge in [-0.2, -0.15) is 0 Å². The molecule has 2 aromatic rings. The van der Waals surface area contributed by atoms with Crippen molar-refractivity contribution in [3.63, 3.8) is 0 Å². The number of rotatable bonds is 3. The zero-order valence-electron chi connectivity index (χ0n) is 9.00. The van der Waals surface area contributed by atoms with Gasteiger partial charge in [0, 0.05) is 11.1 Å². The summed E-state index contributed by atoms with van der Waals surface area (Å²) >= 11 is 1.73. The SMILES string of the molecule is CSc1ccc(N=Cc2ccccn2)cc1. The van der Waals surface area contributed by atoms with Crippen LogP contribution in [0.5, 0.6) is 0 Å². The predicted molar refractivity (Wildman–Crippen MR) is 69.7 cm³/mol. The third-order valence-corrected chi connectivity index (χ3v) is 2.85. The first kappa shape index (κ1) is 10.9. The molecule has 0 aliphatic heterocycles. The van der Waals surface area contributed by atoms with Crippen LogP contribution in [-0.2, 0) is 0 Å². The Balaban J connectivity index is 2.12. The molecule has 2 nitrogen and oxygen atoms in total. The Hall–Kier alpha value is -1.61. The molecule has 0 atom stereocenters. The Kier molecular flexibility index (Phi) is 3.72. The van der Waals surface area contributed by atoms with Crippen molar-refractivity contribution < 1.29 is 0 Å². The fourth-order valence-corrected chi connectivity index (χ4v) is 1.67. The summed E-state index contributed by atoms with van der Waals surface area (Å²) in [5.41, 5.74) is 1.82. The minimum Gasteiger partial charge on any atom is -0.255 e. The Bertz CT molecular complexity index is 463. The number of hydrogen-bond acceptors (Lipinski definition) is 3. The highest BCUT2D eigenvalue weighted by Crippen LogP contribution is 2.19. The summed E-state index contributed by atoms with van der Waals surface area (Å²) in [6.45, 7) is 0. The quantitative estimate of drug-likeness (QED) is 0.593. The van der Waals surface area contributed by atoms with Crippen LogP contribution < -0.4 is 0 Å². The van der Waals surface area contributed by atoms with E-state index in [2.05, 4.69) is 28.4 Å². The monoisotopic (exact) mass is 228 g/mol. The van der Waals surface area contributed by atoms with Gasteiger partial charge in [0.15, 0.2) is 0 Å². The lowest BCUT2D eigenvalue weighted by molar-refractivity contribution is 1.30. The molecule has 0 spiro atoms. The van der Waals surface area contributed by atoms with Crippen LogP contribution in [0.1, 0.15) is 5.69 Å². The maximum Gasteiger partial charge on any atom is 0.0812 e. The standard InChI is InChI=1S/C13H12N2S/c1-16-13-7-5-11(6-8-13)15-10-12-4-2-3-9-14-12/h2-10H,1H3. The molecule has 80 valence electrons. The first-order valence-electron chi connectivity index (χ1n) is 4.97. The van der Waals surface area contributed by atoms with Gasteiger partial charge in [-0.05, 0) is 42.7 Å². The number of aromatic nitrogens is 1. The Labute approximate surface area is 99.5 Å². The molecule has 0 aliphatic rings. The minimum absolute atomic E-state index is 0.872. The van der Waals surface area contributed by atoms with Gasteiger partial charge >= 0.3 is 0 Å². The maximum atomic E-state index is 4.36.